The number of amides is 1. The second-order valence-corrected chi connectivity index (χ2v) is 5.49. The minimum Gasteiger partial charge on any atom is -0.348 e. The standard InChI is InChI=1S/C18H16N4O3/c1-13-15(6-4-8-16(13)22(24)25)18(23)20-11-14-5-2-3-7-17(14)21-10-9-19-12-21/h2-10,12H,11H2,1H3,(H,20,23). The normalized spacial score (nSPS) is 10.4. The van der Waals surface area contributed by atoms with E-state index in [9.17, 15) is 14.9 Å². The van der Waals surface area contributed by atoms with E-state index in [1.807, 2.05) is 35.0 Å². The number of carbonyl (C=O) groups excluding carboxylic acids is 1. The molecule has 7 heteroatoms. The van der Waals surface area contributed by atoms with Crippen LogP contribution in [0.5, 0.6) is 0 Å². The van der Waals surface area contributed by atoms with Crippen molar-refractivity contribution in [2.24, 2.45) is 0 Å². The molecule has 25 heavy (non-hydrogen) atoms. The summed E-state index contributed by atoms with van der Waals surface area (Å²) in [6.45, 7) is 1.88. The summed E-state index contributed by atoms with van der Waals surface area (Å²) in [7, 11) is 0. The number of nitro groups is 1. The largest absolute Gasteiger partial charge is 0.348 e. The number of nitrogens with one attached hydrogen (secondary N) is 1. The summed E-state index contributed by atoms with van der Waals surface area (Å²) in [6.07, 6.45) is 5.19. The van der Waals surface area contributed by atoms with Gasteiger partial charge in [0.1, 0.15) is 0 Å². The Morgan fingerprint density at radius 1 is 1.24 bits per heavy atom. The molecule has 2 aromatic carbocycles. The molecule has 1 amide bonds. The average Bonchev–Trinajstić information content (AvgIpc) is 3.14. The quantitative estimate of drug-likeness (QED) is 0.573. The van der Waals surface area contributed by atoms with Crippen molar-refractivity contribution in [2.75, 3.05) is 0 Å². The first-order valence-corrected chi connectivity index (χ1v) is 7.66. The average molecular weight is 336 g/mol. The van der Waals surface area contributed by atoms with Crippen molar-refractivity contribution in [1.29, 1.82) is 0 Å². The Hall–Kier alpha value is -3.48. The maximum absolute atomic E-state index is 12.5. The number of benzene rings is 2. The number of nitro benzene ring substituents is 1. The van der Waals surface area contributed by atoms with Crippen molar-refractivity contribution in [1.82, 2.24) is 14.9 Å². The van der Waals surface area contributed by atoms with Gasteiger partial charge in [0.2, 0.25) is 0 Å². The molecule has 0 radical (unpaired) electrons. The number of rotatable bonds is 5. The van der Waals surface area contributed by atoms with Gasteiger partial charge in [0.05, 0.1) is 16.9 Å². The zero-order valence-electron chi connectivity index (χ0n) is 13.5. The van der Waals surface area contributed by atoms with Gasteiger partial charge in [0, 0.05) is 36.1 Å². The van der Waals surface area contributed by atoms with E-state index >= 15 is 0 Å². The molecule has 126 valence electrons. The van der Waals surface area contributed by atoms with Crippen LogP contribution in [0.2, 0.25) is 0 Å². The monoisotopic (exact) mass is 336 g/mol. The highest BCUT2D eigenvalue weighted by Gasteiger charge is 2.18. The van der Waals surface area contributed by atoms with Crippen LogP contribution in [0, 0.1) is 17.0 Å². The van der Waals surface area contributed by atoms with E-state index in [2.05, 4.69) is 10.3 Å². The highest BCUT2D eigenvalue weighted by Crippen LogP contribution is 2.21. The molecule has 0 atom stereocenters. The molecule has 0 aliphatic carbocycles. The Morgan fingerprint density at radius 2 is 2.04 bits per heavy atom. The lowest BCUT2D eigenvalue weighted by Crippen LogP contribution is -2.24. The predicted octanol–water partition coefficient (Wildman–Crippen LogP) is 3.02. The number of carbonyl (C=O) groups is 1. The van der Waals surface area contributed by atoms with Crippen LogP contribution in [0.25, 0.3) is 5.69 Å². The van der Waals surface area contributed by atoms with E-state index in [1.54, 1.807) is 25.5 Å². The number of imidazole rings is 1. The summed E-state index contributed by atoms with van der Waals surface area (Å²) in [5.74, 6) is -0.346. The maximum atomic E-state index is 12.5. The van der Waals surface area contributed by atoms with Crippen LogP contribution in [-0.4, -0.2) is 20.4 Å². The van der Waals surface area contributed by atoms with E-state index in [1.165, 1.54) is 12.1 Å². The van der Waals surface area contributed by atoms with E-state index in [4.69, 9.17) is 0 Å². The third kappa shape index (κ3) is 3.40. The van der Waals surface area contributed by atoms with Gasteiger partial charge in [-0.2, -0.15) is 0 Å². The van der Waals surface area contributed by atoms with Gasteiger partial charge in [-0.05, 0) is 24.6 Å². The second kappa shape index (κ2) is 6.96. The van der Waals surface area contributed by atoms with Crippen molar-refractivity contribution >= 4 is 11.6 Å². The third-order valence-electron chi connectivity index (χ3n) is 3.96. The van der Waals surface area contributed by atoms with Gasteiger partial charge >= 0.3 is 0 Å². The number of hydrogen-bond donors (Lipinski definition) is 1. The minimum atomic E-state index is -0.486. The lowest BCUT2D eigenvalue weighted by atomic mass is 10.1. The van der Waals surface area contributed by atoms with Crippen LogP contribution in [0.1, 0.15) is 21.5 Å². The summed E-state index contributed by atoms with van der Waals surface area (Å²) in [5, 5.41) is 13.8. The highest BCUT2D eigenvalue weighted by molar-refractivity contribution is 5.96. The van der Waals surface area contributed by atoms with Gasteiger partial charge in [0.15, 0.2) is 0 Å². The zero-order valence-corrected chi connectivity index (χ0v) is 13.5. The Labute approximate surface area is 144 Å². The molecule has 3 aromatic rings. The van der Waals surface area contributed by atoms with E-state index < -0.39 is 4.92 Å². The minimum absolute atomic E-state index is 0.0635. The first-order valence-electron chi connectivity index (χ1n) is 7.66. The maximum Gasteiger partial charge on any atom is 0.273 e. The highest BCUT2D eigenvalue weighted by atomic mass is 16.6. The van der Waals surface area contributed by atoms with E-state index in [-0.39, 0.29) is 11.6 Å². The molecule has 0 saturated carbocycles. The first-order chi connectivity index (χ1) is 12.1. The molecule has 1 aromatic heterocycles. The van der Waals surface area contributed by atoms with Crippen LogP contribution in [0.3, 0.4) is 0 Å². The van der Waals surface area contributed by atoms with Crippen LogP contribution in [0.15, 0.2) is 61.2 Å². The lowest BCUT2D eigenvalue weighted by molar-refractivity contribution is -0.385. The Bertz CT molecular complexity index is 920. The summed E-state index contributed by atoms with van der Waals surface area (Å²) in [6, 6.07) is 12.1. The predicted molar refractivity (Wildman–Crippen MR) is 92.6 cm³/mol. The Kier molecular flexibility index (Phi) is 4.56. The SMILES string of the molecule is Cc1c(C(=O)NCc2ccccc2-n2ccnc2)cccc1[N+](=O)[O-]. The number of aromatic nitrogens is 2. The lowest BCUT2D eigenvalue weighted by Gasteiger charge is -2.12. The summed E-state index contributed by atoms with van der Waals surface area (Å²) < 4.78 is 1.86. The molecule has 1 heterocycles. The molecule has 0 aliphatic rings. The fourth-order valence-corrected chi connectivity index (χ4v) is 2.65. The second-order valence-electron chi connectivity index (χ2n) is 5.49. The molecule has 0 aliphatic heterocycles. The van der Waals surface area contributed by atoms with Crippen LogP contribution in [-0.2, 0) is 6.54 Å². The van der Waals surface area contributed by atoms with Crippen molar-refractivity contribution < 1.29 is 9.72 Å². The van der Waals surface area contributed by atoms with Gasteiger partial charge < -0.3 is 9.88 Å². The zero-order chi connectivity index (χ0) is 17.8. The van der Waals surface area contributed by atoms with Crippen molar-refractivity contribution in [3.63, 3.8) is 0 Å². The Morgan fingerprint density at radius 3 is 2.76 bits per heavy atom. The van der Waals surface area contributed by atoms with Crippen molar-refractivity contribution in [2.45, 2.75) is 13.5 Å². The fourth-order valence-electron chi connectivity index (χ4n) is 2.65. The smallest absolute Gasteiger partial charge is 0.273 e. The number of hydrogen-bond acceptors (Lipinski definition) is 4. The van der Waals surface area contributed by atoms with Gasteiger partial charge in [-0.3, -0.25) is 14.9 Å². The molecule has 7 nitrogen and oxygen atoms in total. The number of nitrogens with zero attached hydrogens (tertiary/aromatic N) is 3. The van der Waals surface area contributed by atoms with Crippen molar-refractivity contribution in [3.05, 3.63) is 88.0 Å². The number of para-hydroxylation sites is 1. The molecule has 0 saturated heterocycles. The molecule has 3 rings (SSSR count). The Balaban J connectivity index is 1.81. The molecule has 1 N–H and O–H groups in total. The molecular weight excluding hydrogens is 320 g/mol. The van der Waals surface area contributed by atoms with Gasteiger partial charge in [0.25, 0.3) is 11.6 Å². The van der Waals surface area contributed by atoms with Gasteiger partial charge in [-0.15, -0.1) is 0 Å². The van der Waals surface area contributed by atoms with Crippen LogP contribution < -0.4 is 5.32 Å². The van der Waals surface area contributed by atoms with Crippen molar-refractivity contribution in [3.8, 4) is 5.69 Å². The van der Waals surface area contributed by atoms with Crippen LogP contribution >= 0.6 is 0 Å². The molecular formula is C18H16N4O3. The van der Waals surface area contributed by atoms with Crippen LogP contribution in [0.4, 0.5) is 5.69 Å². The molecule has 0 unspecified atom stereocenters. The first kappa shape index (κ1) is 16.4. The molecule has 0 spiro atoms. The third-order valence-corrected chi connectivity index (χ3v) is 3.96. The summed E-state index contributed by atoms with van der Waals surface area (Å²) in [5.41, 5.74) is 2.42. The molecule has 0 bridgehead atoms. The van der Waals surface area contributed by atoms with E-state index in [0.29, 0.717) is 17.7 Å². The fraction of sp³-hybridized carbons (Fsp3) is 0.111. The summed E-state index contributed by atoms with van der Waals surface area (Å²) in [4.78, 5) is 27.0. The van der Waals surface area contributed by atoms with E-state index in [0.717, 1.165) is 11.3 Å². The topological polar surface area (TPSA) is 90.1 Å². The van der Waals surface area contributed by atoms with Gasteiger partial charge in [-0.25, -0.2) is 4.98 Å². The summed E-state index contributed by atoms with van der Waals surface area (Å²) >= 11 is 0. The van der Waals surface area contributed by atoms with Gasteiger partial charge in [-0.1, -0.05) is 24.3 Å². The molecule has 0 fully saturated rings.